The van der Waals surface area contributed by atoms with Crippen LogP contribution in [0, 0.1) is 5.82 Å². The van der Waals surface area contributed by atoms with Gasteiger partial charge in [-0.05, 0) is 50.8 Å². The van der Waals surface area contributed by atoms with E-state index >= 15 is 0 Å². The third-order valence-electron chi connectivity index (χ3n) is 5.88. The zero-order chi connectivity index (χ0) is 20.1. The molecule has 152 valence electrons. The van der Waals surface area contributed by atoms with Crippen LogP contribution in [0.4, 0.5) is 4.39 Å². The number of hydrogen-bond donors (Lipinski definition) is 0. The van der Waals surface area contributed by atoms with Gasteiger partial charge in [0.1, 0.15) is 0 Å². The first-order valence-electron chi connectivity index (χ1n) is 9.63. The van der Waals surface area contributed by atoms with E-state index in [1.807, 2.05) is 0 Å². The molecular formula is C19H23FN2O5S. The summed E-state index contributed by atoms with van der Waals surface area (Å²) in [6, 6.07) is 2.88. The second-order valence-electron chi connectivity index (χ2n) is 7.53. The number of likely N-dealkylation sites (tertiary alicyclic amines) is 1. The lowest BCUT2D eigenvalue weighted by Crippen LogP contribution is -2.53. The lowest BCUT2D eigenvalue weighted by molar-refractivity contribution is -0.142. The normalized spacial score (nSPS) is 28.2. The van der Waals surface area contributed by atoms with Crippen LogP contribution in [0.1, 0.15) is 45.4 Å². The van der Waals surface area contributed by atoms with Gasteiger partial charge in [-0.1, -0.05) is 0 Å². The highest BCUT2D eigenvalue weighted by molar-refractivity contribution is 7.89. The Bertz CT molecular complexity index is 889. The van der Waals surface area contributed by atoms with Crippen molar-refractivity contribution >= 4 is 21.8 Å². The van der Waals surface area contributed by atoms with Crippen molar-refractivity contribution in [3.8, 4) is 5.75 Å². The van der Waals surface area contributed by atoms with E-state index in [4.69, 9.17) is 4.74 Å². The molecule has 0 aliphatic carbocycles. The third kappa shape index (κ3) is 3.10. The Kier molecular flexibility index (Phi) is 4.91. The number of ether oxygens (including phenoxy) is 1. The number of sulfonamides is 1. The number of piperidine rings is 1. The molecule has 1 aromatic carbocycles. The number of benzene rings is 1. The maximum absolute atomic E-state index is 14.2. The molecule has 0 N–H and O–H groups in total. The first-order chi connectivity index (χ1) is 13.3. The molecule has 2 amide bonds. The van der Waals surface area contributed by atoms with Crippen molar-refractivity contribution in [2.75, 3.05) is 6.61 Å². The molecular weight excluding hydrogens is 387 g/mol. The summed E-state index contributed by atoms with van der Waals surface area (Å²) < 4.78 is 47.2. The molecule has 1 aromatic rings. The Morgan fingerprint density at radius 1 is 1.07 bits per heavy atom. The standard InChI is InChI=1S/C19H23FN2O5S/c1-2-27-17-6-5-15(11-16(17)20)28(25,26)22-12-3-4-13(22)10-14(9-12)21-18(23)7-8-19(21)24/h5-6,11-14H,2-4,7-10H2,1H3/t12-,13-/m0/s1. The molecule has 3 aliphatic heterocycles. The van der Waals surface area contributed by atoms with Crippen molar-refractivity contribution in [2.45, 2.75) is 68.5 Å². The second kappa shape index (κ2) is 7.11. The summed E-state index contributed by atoms with van der Waals surface area (Å²) in [6.45, 7) is 2.01. The Morgan fingerprint density at radius 3 is 2.21 bits per heavy atom. The molecule has 3 fully saturated rings. The zero-order valence-electron chi connectivity index (χ0n) is 15.6. The van der Waals surface area contributed by atoms with E-state index in [9.17, 15) is 22.4 Å². The van der Waals surface area contributed by atoms with Crippen LogP contribution in [0.3, 0.4) is 0 Å². The van der Waals surface area contributed by atoms with Crippen LogP contribution in [0.15, 0.2) is 23.1 Å². The minimum Gasteiger partial charge on any atom is -0.491 e. The molecule has 0 aromatic heterocycles. The number of halogens is 1. The number of fused-ring (bicyclic) bond motifs is 2. The molecule has 3 heterocycles. The number of carbonyl (C=O) groups excluding carboxylic acids is 2. The molecule has 3 aliphatic rings. The van der Waals surface area contributed by atoms with Gasteiger partial charge in [0.15, 0.2) is 11.6 Å². The lowest BCUT2D eigenvalue weighted by atomic mass is 9.98. The van der Waals surface area contributed by atoms with E-state index in [0.717, 1.165) is 6.07 Å². The molecule has 28 heavy (non-hydrogen) atoms. The highest BCUT2D eigenvalue weighted by atomic mass is 32.2. The van der Waals surface area contributed by atoms with E-state index in [-0.39, 0.29) is 60.0 Å². The van der Waals surface area contributed by atoms with Crippen LogP contribution in [-0.2, 0) is 19.6 Å². The van der Waals surface area contributed by atoms with E-state index in [2.05, 4.69) is 0 Å². The number of hydrogen-bond acceptors (Lipinski definition) is 5. The monoisotopic (exact) mass is 410 g/mol. The minimum atomic E-state index is -3.88. The van der Waals surface area contributed by atoms with Gasteiger partial charge < -0.3 is 4.74 Å². The van der Waals surface area contributed by atoms with E-state index in [1.165, 1.54) is 21.3 Å². The minimum absolute atomic E-state index is 0.0224. The fourth-order valence-corrected chi connectivity index (χ4v) is 6.65. The molecule has 0 unspecified atom stereocenters. The fourth-order valence-electron chi connectivity index (χ4n) is 4.75. The summed E-state index contributed by atoms with van der Waals surface area (Å²) in [5.74, 6) is -1.02. The molecule has 2 bridgehead atoms. The van der Waals surface area contributed by atoms with Crippen LogP contribution < -0.4 is 4.74 Å². The Morgan fingerprint density at radius 2 is 1.68 bits per heavy atom. The van der Waals surface area contributed by atoms with Crippen molar-refractivity contribution in [3.05, 3.63) is 24.0 Å². The number of amides is 2. The number of rotatable bonds is 5. The largest absolute Gasteiger partial charge is 0.491 e. The molecule has 0 saturated carbocycles. The van der Waals surface area contributed by atoms with Gasteiger partial charge in [-0.2, -0.15) is 4.31 Å². The summed E-state index contributed by atoms with van der Waals surface area (Å²) in [4.78, 5) is 25.4. The van der Waals surface area contributed by atoms with E-state index in [1.54, 1.807) is 6.92 Å². The van der Waals surface area contributed by atoms with Crippen LogP contribution in [0.2, 0.25) is 0 Å². The van der Waals surface area contributed by atoms with E-state index < -0.39 is 15.8 Å². The van der Waals surface area contributed by atoms with Gasteiger partial charge in [-0.15, -0.1) is 0 Å². The topological polar surface area (TPSA) is 84.0 Å². The summed E-state index contributed by atoms with van der Waals surface area (Å²) in [6.07, 6.45) is 2.70. The summed E-state index contributed by atoms with van der Waals surface area (Å²) in [5, 5.41) is 0. The number of nitrogens with zero attached hydrogens (tertiary/aromatic N) is 2. The number of carbonyl (C=O) groups is 2. The van der Waals surface area contributed by atoms with Crippen molar-refractivity contribution in [1.82, 2.24) is 9.21 Å². The van der Waals surface area contributed by atoms with E-state index in [0.29, 0.717) is 25.7 Å². The van der Waals surface area contributed by atoms with Crippen LogP contribution >= 0.6 is 0 Å². The summed E-state index contributed by atoms with van der Waals surface area (Å²) in [7, 11) is -3.88. The SMILES string of the molecule is CCOc1ccc(S(=O)(=O)N2[C@H]3CC[C@H]2CC(N2C(=O)CCC2=O)C3)cc1F. The van der Waals surface area contributed by atoms with Crippen LogP contribution in [0.5, 0.6) is 5.75 Å². The predicted octanol–water partition coefficient (Wildman–Crippen LogP) is 2.06. The highest BCUT2D eigenvalue weighted by Gasteiger charge is 2.50. The average molecular weight is 410 g/mol. The molecule has 4 rings (SSSR count). The molecule has 0 spiro atoms. The quantitative estimate of drug-likeness (QED) is 0.694. The molecule has 3 saturated heterocycles. The Labute approximate surface area is 163 Å². The van der Waals surface area contributed by atoms with Crippen molar-refractivity contribution in [3.63, 3.8) is 0 Å². The third-order valence-corrected chi connectivity index (χ3v) is 7.88. The summed E-state index contributed by atoms with van der Waals surface area (Å²) >= 11 is 0. The second-order valence-corrected chi connectivity index (χ2v) is 9.37. The van der Waals surface area contributed by atoms with Gasteiger partial charge in [-0.3, -0.25) is 14.5 Å². The highest BCUT2D eigenvalue weighted by Crippen LogP contribution is 2.42. The van der Waals surface area contributed by atoms with Crippen molar-refractivity contribution in [1.29, 1.82) is 0 Å². The predicted molar refractivity (Wildman–Crippen MR) is 97.5 cm³/mol. The average Bonchev–Trinajstić information content (AvgIpc) is 3.13. The zero-order valence-corrected chi connectivity index (χ0v) is 16.5. The van der Waals surface area contributed by atoms with Gasteiger partial charge in [0.2, 0.25) is 21.8 Å². The smallest absolute Gasteiger partial charge is 0.243 e. The van der Waals surface area contributed by atoms with Gasteiger partial charge in [0.05, 0.1) is 11.5 Å². The molecule has 0 radical (unpaired) electrons. The van der Waals surface area contributed by atoms with Crippen molar-refractivity contribution < 1.29 is 27.1 Å². The maximum atomic E-state index is 14.2. The first kappa shape index (κ1) is 19.3. The molecule has 9 heteroatoms. The number of imide groups is 1. The van der Waals surface area contributed by atoms with Crippen LogP contribution in [-0.4, -0.2) is 54.2 Å². The van der Waals surface area contributed by atoms with Gasteiger partial charge in [0, 0.05) is 31.0 Å². The lowest BCUT2D eigenvalue weighted by Gasteiger charge is -2.40. The van der Waals surface area contributed by atoms with Gasteiger partial charge in [0.25, 0.3) is 0 Å². The molecule has 2 atom stereocenters. The van der Waals surface area contributed by atoms with Crippen molar-refractivity contribution in [2.24, 2.45) is 0 Å². The first-order valence-corrected chi connectivity index (χ1v) is 11.1. The Balaban J connectivity index is 1.58. The summed E-state index contributed by atoms with van der Waals surface area (Å²) in [5.41, 5.74) is 0. The molecule has 7 nitrogen and oxygen atoms in total. The Hall–Kier alpha value is -2.00. The maximum Gasteiger partial charge on any atom is 0.243 e. The van der Waals surface area contributed by atoms with Gasteiger partial charge in [-0.25, -0.2) is 12.8 Å². The van der Waals surface area contributed by atoms with Crippen LogP contribution in [0.25, 0.3) is 0 Å². The fraction of sp³-hybridized carbons (Fsp3) is 0.579. The van der Waals surface area contributed by atoms with Gasteiger partial charge >= 0.3 is 0 Å².